The third-order valence-electron chi connectivity index (χ3n) is 6.12. The quantitative estimate of drug-likeness (QED) is 0.200. The van der Waals surface area contributed by atoms with E-state index in [1.165, 1.54) is 6.21 Å². The third-order valence-corrected chi connectivity index (χ3v) is 6.53. The Labute approximate surface area is 225 Å². The number of nitriles is 1. The maximum absolute atomic E-state index is 10.1. The van der Waals surface area contributed by atoms with Crippen LogP contribution in [0.1, 0.15) is 16.9 Å². The van der Waals surface area contributed by atoms with Gasteiger partial charge in [0.2, 0.25) is 5.88 Å². The molecule has 0 bridgehead atoms. The number of methoxy groups -OCH3 is 2. The molecule has 0 fully saturated rings. The van der Waals surface area contributed by atoms with Crippen LogP contribution in [0.4, 0.5) is 5.88 Å². The zero-order valence-corrected chi connectivity index (χ0v) is 21.7. The Bertz CT molecular complexity index is 1660. The Hall–Kier alpha value is -4.73. The number of rotatable bonds is 7. The molecular weight excluding hydrogens is 500 g/mol. The molecule has 0 amide bonds. The lowest BCUT2D eigenvalue weighted by atomic mass is 9.98. The van der Waals surface area contributed by atoms with Gasteiger partial charge < -0.3 is 18.3 Å². The molecule has 6 nitrogen and oxygen atoms in total. The van der Waals surface area contributed by atoms with Crippen molar-refractivity contribution in [3.63, 3.8) is 0 Å². The molecule has 0 saturated carbocycles. The number of nitrogens with zero attached hydrogens (tertiary/aromatic N) is 2. The van der Waals surface area contributed by atoms with Crippen molar-refractivity contribution in [1.82, 2.24) is 0 Å². The normalized spacial score (nSPS) is 11.0. The summed E-state index contributed by atoms with van der Waals surface area (Å²) >= 11 is 6.27. The second-order valence-corrected chi connectivity index (χ2v) is 8.89. The Morgan fingerprint density at radius 1 is 0.816 bits per heavy atom. The molecule has 0 aliphatic rings. The van der Waals surface area contributed by atoms with Gasteiger partial charge in [-0.1, -0.05) is 35.9 Å². The van der Waals surface area contributed by atoms with Gasteiger partial charge in [0.25, 0.3) is 0 Å². The van der Waals surface area contributed by atoms with Gasteiger partial charge in [-0.3, -0.25) is 0 Å². The van der Waals surface area contributed by atoms with E-state index < -0.39 is 0 Å². The largest absolute Gasteiger partial charge is 0.497 e. The van der Waals surface area contributed by atoms with Gasteiger partial charge in [0.1, 0.15) is 40.4 Å². The van der Waals surface area contributed by atoms with E-state index in [1.54, 1.807) is 20.3 Å². The van der Waals surface area contributed by atoms with Crippen molar-refractivity contribution >= 4 is 23.7 Å². The zero-order valence-electron chi connectivity index (χ0n) is 21.0. The molecule has 7 heteroatoms. The average molecular weight is 523 g/mol. The van der Waals surface area contributed by atoms with Gasteiger partial charge in [0.15, 0.2) is 0 Å². The summed E-state index contributed by atoms with van der Waals surface area (Å²) in [4.78, 5) is 4.50. The number of ether oxygens (including phenoxy) is 2. The highest BCUT2D eigenvalue weighted by atomic mass is 35.5. The Morgan fingerprint density at radius 3 is 2.05 bits per heavy atom. The van der Waals surface area contributed by atoms with Crippen LogP contribution in [0.3, 0.4) is 0 Å². The molecule has 0 radical (unpaired) electrons. The van der Waals surface area contributed by atoms with Crippen molar-refractivity contribution in [2.45, 2.75) is 6.92 Å². The van der Waals surface area contributed by atoms with Crippen molar-refractivity contribution in [2.75, 3.05) is 14.2 Å². The summed E-state index contributed by atoms with van der Waals surface area (Å²) in [7, 11) is 3.22. The van der Waals surface area contributed by atoms with E-state index in [9.17, 15) is 5.26 Å². The van der Waals surface area contributed by atoms with Crippen LogP contribution >= 0.6 is 11.6 Å². The van der Waals surface area contributed by atoms with E-state index in [4.69, 9.17) is 29.9 Å². The summed E-state index contributed by atoms with van der Waals surface area (Å²) < 4.78 is 22.7. The van der Waals surface area contributed by atoms with E-state index in [2.05, 4.69) is 11.1 Å². The van der Waals surface area contributed by atoms with Gasteiger partial charge in [-0.2, -0.15) is 5.26 Å². The van der Waals surface area contributed by atoms with Gasteiger partial charge in [0.05, 0.1) is 20.4 Å². The van der Waals surface area contributed by atoms with Crippen molar-refractivity contribution in [2.24, 2.45) is 4.99 Å². The Balaban J connectivity index is 1.56. The second-order valence-electron chi connectivity index (χ2n) is 8.48. The number of hydrogen-bond acceptors (Lipinski definition) is 6. The third kappa shape index (κ3) is 4.93. The van der Waals surface area contributed by atoms with Crippen molar-refractivity contribution in [3.05, 3.63) is 101 Å². The fourth-order valence-corrected chi connectivity index (χ4v) is 4.22. The first-order valence-electron chi connectivity index (χ1n) is 11.8. The fourth-order valence-electron chi connectivity index (χ4n) is 4.04. The summed E-state index contributed by atoms with van der Waals surface area (Å²) in [5.41, 5.74) is 4.39. The minimum absolute atomic E-state index is 0.181. The molecule has 0 aliphatic heterocycles. The van der Waals surface area contributed by atoms with Crippen LogP contribution in [0.25, 0.3) is 33.8 Å². The van der Waals surface area contributed by atoms with Crippen molar-refractivity contribution < 1.29 is 18.3 Å². The van der Waals surface area contributed by atoms with Crippen molar-refractivity contribution in [3.8, 4) is 51.3 Å². The highest BCUT2D eigenvalue weighted by Crippen LogP contribution is 2.43. The first kappa shape index (κ1) is 24.9. The fraction of sp³-hybridized carbons (Fsp3) is 0.0968. The predicted molar refractivity (Wildman–Crippen MR) is 149 cm³/mol. The number of halogens is 1. The molecule has 0 spiro atoms. The molecule has 5 rings (SSSR count). The van der Waals surface area contributed by atoms with Gasteiger partial charge in [-0.25, -0.2) is 4.99 Å². The summed E-state index contributed by atoms with van der Waals surface area (Å²) in [6, 6.07) is 26.6. The van der Waals surface area contributed by atoms with Crippen LogP contribution in [0.2, 0.25) is 5.02 Å². The molecule has 0 unspecified atom stereocenters. The van der Waals surface area contributed by atoms with Crippen LogP contribution in [0.5, 0.6) is 11.5 Å². The van der Waals surface area contributed by atoms with Crippen molar-refractivity contribution in [1.29, 1.82) is 5.26 Å². The van der Waals surface area contributed by atoms with Gasteiger partial charge in [-0.15, -0.1) is 0 Å². The van der Waals surface area contributed by atoms with E-state index in [0.717, 1.165) is 22.3 Å². The molecule has 38 heavy (non-hydrogen) atoms. The first-order chi connectivity index (χ1) is 18.5. The summed E-state index contributed by atoms with van der Waals surface area (Å²) in [6.45, 7) is 1.95. The molecule has 0 aliphatic carbocycles. The Kier molecular flexibility index (Phi) is 7.03. The first-order valence-corrected chi connectivity index (χ1v) is 12.1. The van der Waals surface area contributed by atoms with Crippen LogP contribution in [0.15, 0.2) is 92.7 Å². The van der Waals surface area contributed by atoms with E-state index in [1.807, 2.05) is 79.7 Å². The number of hydrogen-bond donors (Lipinski definition) is 0. The highest BCUT2D eigenvalue weighted by molar-refractivity contribution is 6.31. The zero-order chi connectivity index (χ0) is 26.6. The molecule has 0 atom stereocenters. The van der Waals surface area contributed by atoms with Gasteiger partial charge in [0, 0.05) is 21.7 Å². The lowest BCUT2D eigenvalue weighted by molar-refractivity contribution is 0.414. The van der Waals surface area contributed by atoms with Gasteiger partial charge >= 0.3 is 0 Å². The van der Waals surface area contributed by atoms with Crippen LogP contribution < -0.4 is 9.47 Å². The number of furan rings is 2. The summed E-state index contributed by atoms with van der Waals surface area (Å²) in [5.74, 6) is 3.30. The predicted octanol–water partition coefficient (Wildman–Crippen LogP) is 8.47. The second kappa shape index (κ2) is 10.7. The molecule has 0 saturated heterocycles. The van der Waals surface area contributed by atoms with E-state index in [-0.39, 0.29) is 5.88 Å². The summed E-state index contributed by atoms with van der Waals surface area (Å²) in [6.07, 6.45) is 1.54. The average Bonchev–Trinajstić information content (AvgIpc) is 3.58. The van der Waals surface area contributed by atoms with Crippen LogP contribution in [-0.2, 0) is 0 Å². The minimum Gasteiger partial charge on any atom is -0.497 e. The standard InChI is InChI=1S/C31H23ClN2O4/c1-19-4-5-22(16-27(19)32)28-15-14-25(37-28)18-34-31-26(17-33)29(20-6-10-23(35-2)11-7-20)30(38-31)21-8-12-24(36-3)13-9-21/h4-16,18H,1-3H3. The van der Waals surface area contributed by atoms with Crippen LogP contribution in [0, 0.1) is 18.3 Å². The number of aryl methyl sites for hydroxylation is 1. The molecule has 0 N–H and O–H groups in total. The van der Waals surface area contributed by atoms with E-state index in [0.29, 0.717) is 44.9 Å². The molecule has 188 valence electrons. The monoisotopic (exact) mass is 522 g/mol. The lowest BCUT2D eigenvalue weighted by Crippen LogP contribution is -1.86. The number of aliphatic imine (C=N–C) groups is 1. The molecule has 2 aromatic heterocycles. The lowest BCUT2D eigenvalue weighted by Gasteiger charge is -2.06. The molecule has 2 heterocycles. The highest BCUT2D eigenvalue weighted by Gasteiger charge is 2.23. The smallest absolute Gasteiger partial charge is 0.238 e. The maximum atomic E-state index is 10.1. The Morgan fingerprint density at radius 2 is 1.45 bits per heavy atom. The maximum Gasteiger partial charge on any atom is 0.238 e. The minimum atomic E-state index is 0.181. The van der Waals surface area contributed by atoms with E-state index >= 15 is 0 Å². The molecule has 5 aromatic rings. The number of benzene rings is 3. The summed E-state index contributed by atoms with van der Waals surface area (Å²) in [5, 5.41) is 10.8. The molecular formula is C31H23ClN2O4. The SMILES string of the molecule is COc1ccc(-c2oc(N=Cc3ccc(-c4ccc(C)c(Cl)c4)o3)c(C#N)c2-c2ccc(OC)cc2)cc1. The van der Waals surface area contributed by atoms with Gasteiger partial charge in [-0.05, 0) is 72.6 Å². The van der Waals surface area contributed by atoms with Crippen LogP contribution in [-0.4, -0.2) is 20.4 Å². The molecule has 3 aromatic carbocycles. The topological polar surface area (TPSA) is 80.9 Å².